The number of nitrogens with zero attached hydrogens (tertiary/aromatic N) is 1. The van der Waals surface area contributed by atoms with Gasteiger partial charge in [0.05, 0.1) is 4.92 Å². The average molecular weight is 475 g/mol. The summed E-state index contributed by atoms with van der Waals surface area (Å²) in [6.07, 6.45) is -0.202. The monoisotopic (exact) mass is 475 g/mol. The number of hydrogen-bond donors (Lipinski definition) is 0. The highest BCUT2D eigenvalue weighted by Gasteiger charge is 2.39. The summed E-state index contributed by atoms with van der Waals surface area (Å²) in [5, 5.41) is 11.3. The molecule has 3 aromatic carbocycles. The molecule has 0 aromatic heterocycles. The highest BCUT2D eigenvalue weighted by Crippen LogP contribution is 2.33. The lowest BCUT2D eigenvalue weighted by Crippen LogP contribution is -2.34. The van der Waals surface area contributed by atoms with Gasteiger partial charge < -0.3 is 14.3 Å². The van der Waals surface area contributed by atoms with Crippen molar-refractivity contribution in [3.05, 3.63) is 112 Å². The summed E-state index contributed by atoms with van der Waals surface area (Å²) in [6.45, 7) is 1.17. The Balaban J connectivity index is 1.92. The smallest absolute Gasteiger partial charge is 0.321 e. The molecule has 0 spiro atoms. The lowest BCUT2D eigenvalue weighted by atomic mass is 9.82. The number of hydrogen-bond acceptors (Lipinski definition) is 7. The summed E-state index contributed by atoms with van der Waals surface area (Å²) in [7, 11) is 0. The predicted octanol–water partition coefficient (Wildman–Crippen LogP) is 4.76. The number of nitro benzene ring substituents is 1. The van der Waals surface area contributed by atoms with E-state index in [4.69, 9.17) is 9.47 Å². The molecule has 0 radical (unpaired) electrons. The highest BCUT2D eigenvalue weighted by atomic mass is 16.6. The van der Waals surface area contributed by atoms with Crippen LogP contribution in [0.4, 0.5) is 5.69 Å². The molecule has 0 saturated heterocycles. The molecule has 0 amide bonds. The van der Waals surface area contributed by atoms with Gasteiger partial charge in [0, 0.05) is 24.5 Å². The van der Waals surface area contributed by atoms with Gasteiger partial charge in [-0.05, 0) is 23.6 Å². The first-order chi connectivity index (χ1) is 16.8. The van der Waals surface area contributed by atoms with Gasteiger partial charge in [0.25, 0.3) is 5.69 Å². The minimum Gasteiger partial charge on any atom is -0.460 e. The van der Waals surface area contributed by atoms with E-state index in [1.807, 2.05) is 12.1 Å². The van der Waals surface area contributed by atoms with Crippen LogP contribution >= 0.6 is 0 Å². The van der Waals surface area contributed by atoms with E-state index in [1.165, 1.54) is 25.1 Å². The van der Waals surface area contributed by atoms with Crippen LogP contribution in [-0.4, -0.2) is 22.6 Å². The van der Waals surface area contributed by atoms with Crippen LogP contribution in [-0.2, 0) is 37.1 Å². The molecule has 180 valence electrons. The number of carbonyl (C=O) groups is 3. The van der Waals surface area contributed by atoms with Crippen LogP contribution in [0.5, 0.6) is 0 Å². The molecular formula is C27H25NO7. The number of Topliss-reactive ketones (excluding diaryl/α,β-unsaturated/α-hetero) is 1. The third kappa shape index (κ3) is 7.33. The van der Waals surface area contributed by atoms with E-state index in [9.17, 15) is 24.5 Å². The minimum absolute atomic E-state index is 0.0795. The minimum atomic E-state index is -1.49. The van der Waals surface area contributed by atoms with E-state index in [-0.39, 0.29) is 31.1 Å². The second kappa shape index (κ2) is 12.2. The Morgan fingerprint density at radius 2 is 1.31 bits per heavy atom. The van der Waals surface area contributed by atoms with Crippen LogP contribution < -0.4 is 0 Å². The van der Waals surface area contributed by atoms with E-state index >= 15 is 0 Å². The molecule has 3 aromatic rings. The molecule has 0 bridgehead atoms. The summed E-state index contributed by atoms with van der Waals surface area (Å²) in [5.41, 5.74) is 1.52. The standard InChI is InChI=1S/C27H25NO7/c1-19(29)15-24(22-13-8-14-23(16-22)28(32)33)25(26(30)34-17-20-9-4-2-5-10-20)27(31)35-18-21-11-6-3-7-12-21/h2-14,16,24-25H,15,17-18H2,1H3/t24-/m0/s1. The normalized spacial score (nSPS) is 11.5. The number of benzene rings is 3. The topological polar surface area (TPSA) is 113 Å². The lowest BCUT2D eigenvalue weighted by Gasteiger charge is -2.24. The number of non-ortho nitro benzene ring substituents is 1. The van der Waals surface area contributed by atoms with Crippen molar-refractivity contribution < 1.29 is 28.8 Å². The molecule has 0 unspecified atom stereocenters. The molecule has 0 fully saturated rings. The predicted molar refractivity (Wildman–Crippen MR) is 127 cm³/mol. The molecule has 0 aliphatic heterocycles. The van der Waals surface area contributed by atoms with Gasteiger partial charge in [-0.1, -0.05) is 72.8 Å². The van der Waals surface area contributed by atoms with Crippen molar-refractivity contribution >= 4 is 23.4 Å². The third-order valence-corrected chi connectivity index (χ3v) is 5.37. The van der Waals surface area contributed by atoms with Gasteiger partial charge in [-0.2, -0.15) is 0 Å². The molecule has 1 atom stereocenters. The van der Waals surface area contributed by atoms with E-state index in [2.05, 4.69) is 0 Å². The van der Waals surface area contributed by atoms with Gasteiger partial charge >= 0.3 is 11.9 Å². The van der Waals surface area contributed by atoms with Crippen molar-refractivity contribution in [2.45, 2.75) is 32.5 Å². The first-order valence-corrected chi connectivity index (χ1v) is 11.0. The maximum absolute atomic E-state index is 13.2. The van der Waals surface area contributed by atoms with Crippen molar-refractivity contribution in [2.24, 2.45) is 5.92 Å². The summed E-state index contributed by atoms with van der Waals surface area (Å²) in [6, 6.07) is 23.4. The van der Waals surface area contributed by atoms with Crippen LogP contribution in [0.15, 0.2) is 84.9 Å². The Morgan fingerprint density at radius 1 is 0.800 bits per heavy atom. The Morgan fingerprint density at radius 3 is 1.77 bits per heavy atom. The zero-order chi connectivity index (χ0) is 25.2. The number of ether oxygens (including phenoxy) is 2. The van der Waals surface area contributed by atoms with Crippen LogP contribution in [0, 0.1) is 16.0 Å². The van der Waals surface area contributed by atoms with Crippen LogP contribution in [0.2, 0.25) is 0 Å². The summed E-state index contributed by atoms with van der Waals surface area (Å²) < 4.78 is 10.9. The molecular weight excluding hydrogens is 450 g/mol. The van der Waals surface area contributed by atoms with Crippen molar-refractivity contribution in [1.82, 2.24) is 0 Å². The summed E-state index contributed by atoms with van der Waals surface area (Å²) in [5.74, 6) is -4.53. The Hall–Kier alpha value is -4.33. The largest absolute Gasteiger partial charge is 0.460 e. The first-order valence-electron chi connectivity index (χ1n) is 11.0. The van der Waals surface area contributed by atoms with Gasteiger partial charge in [0.1, 0.15) is 19.0 Å². The third-order valence-electron chi connectivity index (χ3n) is 5.37. The summed E-state index contributed by atoms with van der Waals surface area (Å²) >= 11 is 0. The van der Waals surface area contributed by atoms with Crippen LogP contribution in [0.25, 0.3) is 0 Å². The van der Waals surface area contributed by atoms with Crippen molar-refractivity contribution in [2.75, 3.05) is 0 Å². The zero-order valence-corrected chi connectivity index (χ0v) is 19.2. The molecule has 0 heterocycles. The Bertz CT molecular complexity index is 1120. The second-order valence-corrected chi connectivity index (χ2v) is 8.03. The Kier molecular flexibility index (Phi) is 8.83. The van der Waals surface area contributed by atoms with Crippen LogP contribution in [0.3, 0.4) is 0 Å². The van der Waals surface area contributed by atoms with E-state index < -0.39 is 28.7 Å². The molecule has 0 aliphatic carbocycles. The maximum Gasteiger partial charge on any atom is 0.321 e. The quantitative estimate of drug-likeness (QED) is 0.170. The fourth-order valence-corrected chi connectivity index (χ4v) is 3.67. The highest BCUT2D eigenvalue weighted by molar-refractivity contribution is 5.97. The molecule has 8 nitrogen and oxygen atoms in total. The summed E-state index contributed by atoms with van der Waals surface area (Å²) in [4.78, 5) is 49.3. The molecule has 0 N–H and O–H groups in total. The van der Waals surface area contributed by atoms with Gasteiger partial charge in [0.15, 0.2) is 5.92 Å². The van der Waals surface area contributed by atoms with E-state index in [0.717, 1.165) is 11.1 Å². The first kappa shape index (κ1) is 25.3. The van der Waals surface area contributed by atoms with Gasteiger partial charge in [0.2, 0.25) is 0 Å². The average Bonchev–Trinajstić information content (AvgIpc) is 2.87. The number of esters is 2. The maximum atomic E-state index is 13.2. The van der Waals surface area contributed by atoms with Gasteiger partial charge in [-0.25, -0.2) is 0 Å². The number of nitro groups is 1. The van der Waals surface area contributed by atoms with Gasteiger partial charge in [-0.15, -0.1) is 0 Å². The fourth-order valence-electron chi connectivity index (χ4n) is 3.67. The Labute approximate surface area is 202 Å². The van der Waals surface area contributed by atoms with Crippen LogP contribution in [0.1, 0.15) is 36.0 Å². The molecule has 35 heavy (non-hydrogen) atoms. The second-order valence-electron chi connectivity index (χ2n) is 8.03. The van der Waals surface area contributed by atoms with Crippen molar-refractivity contribution in [3.8, 4) is 0 Å². The lowest BCUT2D eigenvalue weighted by molar-refractivity contribution is -0.384. The molecule has 0 aliphatic rings. The fraction of sp³-hybridized carbons (Fsp3) is 0.222. The van der Waals surface area contributed by atoms with E-state index in [1.54, 1.807) is 54.6 Å². The SMILES string of the molecule is CC(=O)C[C@@H](c1cccc([N+](=O)[O-])c1)C(C(=O)OCc1ccccc1)C(=O)OCc1ccccc1. The van der Waals surface area contributed by atoms with Crippen molar-refractivity contribution in [1.29, 1.82) is 0 Å². The molecule has 0 saturated carbocycles. The number of carbonyl (C=O) groups excluding carboxylic acids is 3. The number of rotatable bonds is 11. The zero-order valence-electron chi connectivity index (χ0n) is 19.2. The number of ketones is 1. The molecule has 8 heteroatoms. The van der Waals surface area contributed by atoms with E-state index in [0.29, 0.717) is 5.56 Å². The molecule has 3 rings (SSSR count). The van der Waals surface area contributed by atoms with Crippen molar-refractivity contribution in [3.63, 3.8) is 0 Å². The van der Waals surface area contributed by atoms with Gasteiger partial charge in [-0.3, -0.25) is 19.7 Å².